The summed E-state index contributed by atoms with van der Waals surface area (Å²) in [6, 6.07) is 3.48. The van der Waals surface area contributed by atoms with Gasteiger partial charge in [0.05, 0.1) is 10.6 Å². The van der Waals surface area contributed by atoms with Crippen LogP contribution in [0.4, 0.5) is 13.2 Å². The Labute approximate surface area is 130 Å². The lowest BCUT2D eigenvalue weighted by molar-refractivity contribution is -0.137. The van der Waals surface area contributed by atoms with Gasteiger partial charge in [-0.15, -0.1) is 0 Å². The maximum atomic E-state index is 12.8. The largest absolute Gasteiger partial charge is 0.417 e. The fourth-order valence-corrected chi connectivity index (χ4v) is 2.58. The van der Waals surface area contributed by atoms with Crippen LogP contribution in [0.3, 0.4) is 0 Å². The number of nitrogens with zero attached hydrogens (tertiary/aromatic N) is 1. The molecule has 1 aromatic rings. The number of rotatable bonds is 2. The van der Waals surface area contributed by atoms with E-state index in [-0.39, 0.29) is 28.2 Å². The number of nitrogens with one attached hydrogen (secondary N) is 1. The van der Waals surface area contributed by atoms with E-state index in [1.54, 1.807) is 6.92 Å². The Balaban J connectivity index is 2.31. The Morgan fingerprint density at radius 1 is 1.48 bits per heavy atom. The van der Waals surface area contributed by atoms with Crippen LogP contribution in [0, 0.1) is 0 Å². The summed E-state index contributed by atoms with van der Waals surface area (Å²) >= 11 is 10.7. The second kappa shape index (κ2) is 5.81. The highest BCUT2D eigenvalue weighted by Gasteiger charge is 2.35. The fourth-order valence-electron chi connectivity index (χ4n) is 2.09. The van der Waals surface area contributed by atoms with Crippen molar-refractivity contribution in [1.29, 1.82) is 0 Å². The molecule has 0 aliphatic carbocycles. The molecule has 114 valence electrons. The van der Waals surface area contributed by atoms with Crippen LogP contribution in [0.15, 0.2) is 18.2 Å². The van der Waals surface area contributed by atoms with Crippen molar-refractivity contribution in [2.75, 3.05) is 6.54 Å². The van der Waals surface area contributed by atoms with E-state index in [2.05, 4.69) is 5.32 Å². The average molecular weight is 337 g/mol. The molecule has 1 aliphatic rings. The number of piperazine rings is 1. The summed E-state index contributed by atoms with van der Waals surface area (Å²) in [6.45, 7) is 2.24. The van der Waals surface area contributed by atoms with Crippen LogP contribution in [0.5, 0.6) is 0 Å². The molecule has 1 amide bonds. The zero-order chi connectivity index (χ0) is 15.8. The van der Waals surface area contributed by atoms with E-state index in [9.17, 15) is 18.0 Å². The topological polar surface area (TPSA) is 32.3 Å². The lowest BCUT2D eigenvalue weighted by Gasteiger charge is -2.34. The van der Waals surface area contributed by atoms with Gasteiger partial charge in [0.15, 0.2) is 4.99 Å². The van der Waals surface area contributed by atoms with Gasteiger partial charge < -0.3 is 10.2 Å². The van der Waals surface area contributed by atoms with E-state index < -0.39 is 17.6 Å². The molecule has 0 aromatic heterocycles. The fraction of sp³-hybridized carbons (Fsp3) is 0.385. The SMILES string of the molecule is C[C@H]1CNC(=S)C(=O)N1Cc1cccc(C(F)(F)F)c1Cl. The minimum Gasteiger partial charge on any atom is -0.370 e. The summed E-state index contributed by atoms with van der Waals surface area (Å²) in [7, 11) is 0. The summed E-state index contributed by atoms with van der Waals surface area (Å²) in [6.07, 6.45) is -4.53. The molecule has 0 unspecified atom stereocenters. The van der Waals surface area contributed by atoms with E-state index in [0.717, 1.165) is 6.07 Å². The highest BCUT2D eigenvalue weighted by Crippen LogP contribution is 2.36. The van der Waals surface area contributed by atoms with E-state index in [4.69, 9.17) is 23.8 Å². The highest BCUT2D eigenvalue weighted by atomic mass is 35.5. The molecule has 1 fully saturated rings. The zero-order valence-electron chi connectivity index (χ0n) is 11.0. The first-order chi connectivity index (χ1) is 9.71. The van der Waals surface area contributed by atoms with Crippen LogP contribution in [0.25, 0.3) is 0 Å². The number of amides is 1. The third-order valence-corrected chi connectivity index (χ3v) is 4.04. The maximum Gasteiger partial charge on any atom is 0.417 e. The third-order valence-electron chi connectivity index (χ3n) is 3.27. The van der Waals surface area contributed by atoms with Crippen LogP contribution in [0.1, 0.15) is 18.1 Å². The molecule has 0 bridgehead atoms. The Hall–Kier alpha value is -1.34. The van der Waals surface area contributed by atoms with Crippen LogP contribution >= 0.6 is 23.8 Å². The van der Waals surface area contributed by atoms with E-state index >= 15 is 0 Å². The third kappa shape index (κ3) is 3.29. The smallest absolute Gasteiger partial charge is 0.370 e. The minimum absolute atomic E-state index is 0.00935. The van der Waals surface area contributed by atoms with E-state index in [0.29, 0.717) is 6.54 Å². The normalized spacial score (nSPS) is 19.7. The molecule has 1 saturated heterocycles. The van der Waals surface area contributed by atoms with Gasteiger partial charge in [0, 0.05) is 19.1 Å². The summed E-state index contributed by atoms with van der Waals surface area (Å²) < 4.78 is 38.5. The Bertz CT molecular complexity index is 591. The molecule has 21 heavy (non-hydrogen) atoms. The number of benzene rings is 1. The molecule has 0 spiro atoms. The summed E-state index contributed by atoms with van der Waals surface area (Å²) in [5.41, 5.74) is -0.657. The van der Waals surface area contributed by atoms with Crippen molar-refractivity contribution < 1.29 is 18.0 Å². The first kappa shape index (κ1) is 16.0. The summed E-state index contributed by atoms with van der Waals surface area (Å²) in [5, 5.41) is 2.39. The molecule has 3 nitrogen and oxygen atoms in total. The van der Waals surface area contributed by atoms with Gasteiger partial charge in [-0.2, -0.15) is 13.2 Å². The minimum atomic E-state index is -4.53. The van der Waals surface area contributed by atoms with Gasteiger partial charge in [0.2, 0.25) is 0 Å². The van der Waals surface area contributed by atoms with Crippen molar-refractivity contribution in [3.63, 3.8) is 0 Å². The van der Waals surface area contributed by atoms with Crippen LogP contribution in [-0.2, 0) is 17.5 Å². The van der Waals surface area contributed by atoms with Crippen molar-refractivity contribution in [2.45, 2.75) is 25.7 Å². The Morgan fingerprint density at radius 2 is 2.14 bits per heavy atom. The predicted molar refractivity (Wildman–Crippen MR) is 77.1 cm³/mol. The number of hydrogen-bond acceptors (Lipinski definition) is 2. The molecule has 1 heterocycles. The number of alkyl halides is 3. The molecular formula is C13H12ClF3N2OS. The molecule has 1 aliphatic heterocycles. The van der Waals surface area contributed by atoms with Crippen molar-refractivity contribution in [3.8, 4) is 0 Å². The maximum absolute atomic E-state index is 12.8. The van der Waals surface area contributed by atoms with Crippen molar-refractivity contribution in [3.05, 3.63) is 34.3 Å². The van der Waals surface area contributed by atoms with Gasteiger partial charge in [-0.3, -0.25) is 4.79 Å². The first-order valence-electron chi connectivity index (χ1n) is 6.15. The molecular weight excluding hydrogens is 325 g/mol. The molecule has 0 saturated carbocycles. The van der Waals surface area contributed by atoms with Gasteiger partial charge >= 0.3 is 6.18 Å². The number of halogens is 4. The van der Waals surface area contributed by atoms with Crippen LogP contribution in [0.2, 0.25) is 5.02 Å². The van der Waals surface area contributed by atoms with Crippen LogP contribution in [-0.4, -0.2) is 28.4 Å². The molecule has 8 heteroatoms. The van der Waals surface area contributed by atoms with Gasteiger partial charge in [-0.05, 0) is 18.6 Å². The Morgan fingerprint density at radius 3 is 2.76 bits per heavy atom. The van der Waals surface area contributed by atoms with E-state index in [1.165, 1.54) is 17.0 Å². The van der Waals surface area contributed by atoms with Crippen LogP contribution < -0.4 is 5.32 Å². The van der Waals surface area contributed by atoms with Gasteiger partial charge in [-0.25, -0.2) is 0 Å². The first-order valence-corrected chi connectivity index (χ1v) is 6.94. The van der Waals surface area contributed by atoms with E-state index in [1.807, 2.05) is 0 Å². The predicted octanol–water partition coefficient (Wildman–Crippen LogP) is 3.01. The average Bonchev–Trinajstić information content (AvgIpc) is 2.39. The number of carbonyl (C=O) groups excluding carboxylic acids is 1. The summed E-state index contributed by atoms with van der Waals surface area (Å²) in [5.74, 6) is -0.405. The van der Waals surface area contributed by atoms with Crippen molar-refractivity contribution >= 4 is 34.7 Å². The van der Waals surface area contributed by atoms with Crippen molar-refractivity contribution in [1.82, 2.24) is 10.2 Å². The Kier molecular flexibility index (Phi) is 4.43. The lowest BCUT2D eigenvalue weighted by atomic mass is 10.1. The molecule has 1 aromatic carbocycles. The quantitative estimate of drug-likeness (QED) is 0.843. The standard InChI is InChI=1S/C13H12ClF3N2OS/c1-7-5-18-11(21)12(20)19(7)6-8-3-2-4-9(10(8)14)13(15,16)17/h2-4,7H,5-6H2,1H3,(H,18,21)/t7-/m0/s1. The monoisotopic (exact) mass is 336 g/mol. The van der Waals surface area contributed by atoms with Crippen molar-refractivity contribution in [2.24, 2.45) is 0 Å². The zero-order valence-corrected chi connectivity index (χ0v) is 12.6. The molecule has 2 rings (SSSR count). The second-order valence-electron chi connectivity index (χ2n) is 4.77. The number of carbonyl (C=O) groups is 1. The second-order valence-corrected chi connectivity index (χ2v) is 5.55. The highest BCUT2D eigenvalue weighted by molar-refractivity contribution is 7.82. The van der Waals surface area contributed by atoms with Gasteiger partial charge in [-0.1, -0.05) is 36.0 Å². The van der Waals surface area contributed by atoms with Gasteiger partial charge in [0.1, 0.15) is 0 Å². The van der Waals surface area contributed by atoms with Gasteiger partial charge in [0.25, 0.3) is 5.91 Å². The molecule has 1 atom stereocenters. The lowest BCUT2D eigenvalue weighted by Crippen LogP contribution is -2.55. The number of thiocarbonyl (C=S) groups is 1. The molecule has 1 N–H and O–H groups in total. The molecule has 0 radical (unpaired) electrons. The number of hydrogen-bond donors (Lipinski definition) is 1. The summed E-state index contributed by atoms with van der Waals surface area (Å²) in [4.78, 5) is 13.5.